The minimum Gasteiger partial charge on any atom is -0.450 e. The normalized spacial score (nSPS) is 19.8. The van der Waals surface area contributed by atoms with Gasteiger partial charge in [-0.15, -0.1) is 0 Å². The zero-order chi connectivity index (χ0) is 28.6. The van der Waals surface area contributed by atoms with Crippen LogP contribution in [-0.2, 0) is 30.7 Å². The molecule has 1 aliphatic rings. The van der Waals surface area contributed by atoms with Crippen LogP contribution in [0.3, 0.4) is 0 Å². The average Bonchev–Trinajstić information content (AvgIpc) is 3.13. The highest BCUT2D eigenvalue weighted by Gasteiger charge is 2.49. The van der Waals surface area contributed by atoms with E-state index in [9.17, 15) is 27.0 Å². The number of rotatable bonds is 7. The Hall–Kier alpha value is -2.99. The number of hydrogen-bond donors (Lipinski definition) is 2. The van der Waals surface area contributed by atoms with Crippen molar-refractivity contribution in [2.24, 2.45) is 0 Å². The number of carbonyl (C=O) groups excluding carboxylic acids is 2. The summed E-state index contributed by atoms with van der Waals surface area (Å²) in [6.45, 7) is 7.49. The van der Waals surface area contributed by atoms with Gasteiger partial charge in [-0.3, -0.25) is 9.59 Å². The molecule has 1 aliphatic heterocycles. The van der Waals surface area contributed by atoms with Gasteiger partial charge in [-0.2, -0.15) is 13.2 Å². The second-order valence-electron chi connectivity index (χ2n) is 10.0. The molecular weight excluding hydrogens is 526 g/mol. The molecule has 2 aromatic carbocycles. The largest absolute Gasteiger partial charge is 0.492 e. The molecule has 1 heterocycles. The fraction of sp³-hybridized carbons (Fsp3) is 0.462. The second kappa shape index (κ2) is 10.6. The van der Waals surface area contributed by atoms with E-state index in [1.807, 2.05) is 36.8 Å². The quantitative estimate of drug-likeness (QED) is 0.368. The Bertz CT molecular complexity index is 1320. The summed E-state index contributed by atoms with van der Waals surface area (Å²) in [5.41, 5.74) is -4.11. The van der Waals surface area contributed by atoms with Crippen LogP contribution in [0.25, 0.3) is 11.1 Å². The van der Waals surface area contributed by atoms with Crippen LogP contribution in [0.15, 0.2) is 36.4 Å². The summed E-state index contributed by atoms with van der Waals surface area (Å²) in [6, 6.07) is 7.89. The number of nitrogens with zero attached hydrogens (tertiary/aromatic N) is 1. The molecule has 0 spiro atoms. The van der Waals surface area contributed by atoms with Crippen molar-refractivity contribution in [3.8, 4) is 11.1 Å². The molecule has 0 aliphatic carbocycles. The van der Waals surface area contributed by atoms with Gasteiger partial charge in [0, 0.05) is 25.1 Å². The highest BCUT2D eigenvalue weighted by Crippen LogP contribution is 2.33. The van der Waals surface area contributed by atoms with Crippen LogP contribution < -0.4 is 4.72 Å². The Kier molecular flexibility index (Phi) is 8.28. The van der Waals surface area contributed by atoms with E-state index in [1.54, 1.807) is 12.1 Å². The van der Waals surface area contributed by atoms with Crippen LogP contribution in [0.2, 0.25) is 0 Å². The number of halogens is 4. The van der Waals surface area contributed by atoms with Gasteiger partial charge in [0.1, 0.15) is 5.82 Å². The predicted octanol–water partition coefficient (Wildman–Crippen LogP) is 5.03. The SMILES string of the molecule is CC(=O)OC(C)(C)C(=O)N1CCC(NS(=N)(=O)C(F)(F)F)C1Cc1cccc(-c2cc(C)cc(C)c2)c1F. The van der Waals surface area contributed by atoms with Crippen molar-refractivity contribution in [2.75, 3.05) is 6.54 Å². The minimum atomic E-state index is -5.35. The summed E-state index contributed by atoms with van der Waals surface area (Å²) in [5.74, 6) is -2.03. The summed E-state index contributed by atoms with van der Waals surface area (Å²) >= 11 is 0. The van der Waals surface area contributed by atoms with E-state index >= 15 is 4.39 Å². The molecule has 0 bridgehead atoms. The van der Waals surface area contributed by atoms with E-state index < -0.39 is 50.8 Å². The minimum absolute atomic E-state index is 0.0718. The maximum atomic E-state index is 15.8. The van der Waals surface area contributed by atoms with Crippen LogP contribution in [0.1, 0.15) is 43.9 Å². The Morgan fingerprint density at radius 1 is 1.16 bits per heavy atom. The Morgan fingerprint density at radius 3 is 2.32 bits per heavy atom. The highest BCUT2D eigenvalue weighted by molar-refractivity contribution is 7.91. The number of carbonyl (C=O) groups is 2. The molecule has 1 amide bonds. The van der Waals surface area contributed by atoms with Gasteiger partial charge < -0.3 is 9.64 Å². The summed E-state index contributed by atoms with van der Waals surface area (Å²) in [5, 5.41) is 0. The van der Waals surface area contributed by atoms with E-state index in [4.69, 9.17) is 9.52 Å². The lowest BCUT2D eigenvalue weighted by Gasteiger charge is -2.34. The molecule has 3 rings (SSSR count). The smallest absolute Gasteiger partial charge is 0.450 e. The molecule has 3 atom stereocenters. The van der Waals surface area contributed by atoms with Crippen molar-refractivity contribution >= 4 is 21.8 Å². The molecule has 208 valence electrons. The first kappa shape index (κ1) is 29.6. The molecule has 0 saturated carbocycles. The van der Waals surface area contributed by atoms with Crippen LogP contribution in [-0.4, -0.2) is 50.7 Å². The maximum Gasteiger partial charge on any atom is 0.492 e. The Morgan fingerprint density at radius 2 is 1.76 bits per heavy atom. The van der Waals surface area contributed by atoms with E-state index in [0.717, 1.165) is 18.1 Å². The third-order valence-electron chi connectivity index (χ3n) is 6.40. The van der Waals surface area contributed by atoms with Crippen LogP contribution in [0, 0.1) is 24.4 Å². The lowest BCUT2D eigenvalue weighted by molar-refractivity contribution is -0.169. The standard InChI is InChI=1S/C26H31F4N3O4S/c1-15-11-16(2)13-19(12-15)20-8-6-7-18(23(20)27)14-22-21(32-38(31,36)26(28,29)30)9-10-33(22)24(35)25(4,5)37-17(3)34/h6-8,11-13,21-22H,9-10,14H2,1-5H3,(H2,31,32,36). The van der Waals surface area contributed by atoms with Crippen LogP contribution in [0.4, 0.5) is 17.6 Å². The number of benzene rings is 2. The first-order chi connectivity index (χ1) is 17.4. The molecular formula is C26H31F4N3O4S. The Labute approximate surface area is 219 Å². The van der Waals surface area contributed by atoms with E-state index in [2.05, 4.69) is 0 Å². The summed E-state index contributed by atoms with van der Waals surface area (Å²) in [4.78, 5) is 26.1. The third-order valence-corrected chi connectivity index (χ3v) is 7.69. The molecule has 12 heteroatoms. The lowest BCUT2D eigenvalue weighted by Crippen LogP contribution is -2.54. The fourth-order valence-corrected chi connectivity index (χ4v) is 5.68. The lowest BCUT2D eigenvalue weighted by atomic mass is 9.94. The van der Waals surface area contributed by atoms with Crippen molar-refractivity contribution in [3.05, 3.63) is 58.9 Å². The molecule has 2 N–H and O–H groups in total. The van der Waals surface area contributed by atoms with E-state index in [-0.39, 0.29) is 30.5 Å². The van der Waals surface area contributed by atoms with Crippen molar-refractivity contribution < 1.29 is 36.1 Å². The van der Waals surface area contributed by atoms with E-state index in [1.165, 1.54) is 24.8 Å². The number of aryl methyl sites for hydroxylation is 2. The summed E-state index contributed by atoms with van der Waals surface area (Å²) in [7, 11) is -5.25. The highest BCUT2D eigenvalue weighted by atomic mass is 32.2. The number of alkyl halides is 3. The summed E-state index contributed by atoms with van der Waals surface area (Å²) < 4.78 is 82.1. The maximum absolute atomic E-state index is 15.8. The predicted molar refractivity (Wildman–Crippen MR) is 135 cm³/mol. The second-order valence-corrected chi connectivity index (χ2v) is 11.9. The zero-order valence-corrected chi connectivity index (χ0v) is 22.6. The molecule has 2 aromatic rings. The number of nitrogens with one attached hydrogen (secondary N) is 2. The van der Waals surface area contributed by atoms with Gasteiger partial charge in [0.25, 0.3) is 5.91 Å². The molecule has 0 radical (unpaired) electrons. The monoisotopic (exact) mass is 557 g/mol. The molecule has 38 heavy (non-hydrogen) atoms. The van der Waals surface area contributed by atoms with Crippen molar-refractivity contribution in [1.29, 1.82) is 4.78 Å². The van der Waals surface area contributed by atoms with Crippen LogP contribution in [0.5, 0.6) is 0 Å². The molecule has 1 fully saturated rings. The van der Waals surface area contributed by atoms with E-state index in [0.29, 0.717) is 5.56 Å². The van der Waals surface area contributed by atoms with Crippen LogP contribution >= 0.6 is 0 Å². The number of amides is 1. The van der Waals surface area contributed by atoms with Crippen molar-refractivity contribution in [1.82, 2.24) is 9.62 Å². The number of esters is 1. The third kappa shape index (κ3) is 6.35. The number of ether oxygens (including phenoxy) is 1. The fourth-order valence-electron chi connectivity index (χ4n) is 4.84. The first-order valence-corrected chi connectivity index (χ1v) is 13.5. The molecule has 7 nitrogen and oxygen atoms in total. The van der Waals surface area contributed by atoms with Gasteiger partial charge in [0.2, 0.25) is 9.92 Å². The number of hydrogen-bond acceptors (Lipinski definition) is 5. The average molecular weight is 558 g/mol. The van der Waals surface area contributed by atoms with Gasteiger partial charge >= 0.3 is 11.5 Å². The zero-order valence-electron chi connectivity index (χ0n) is 21.7. The topological polar surface area (TPSA) is 99.6 Å². The van der Waals surface area contributed by atoms with Gasteiger partial charge in [0.05, 0.1) is 6.04 Å². The van der Waals surface area contributed by atoms with Gasteiger partial charge in [0.15, 0.2) is 5.60 Å². The Balaban J connectivity index is 2.03. The van der Waals surface area contributed by atoms with Crippen molar-refractivity contribution in [3.63, 3.8) is 0 Å². The molecule has 3 unspecified atom stereocenters. The molecule has 1 saturated heterocycles. The molecule has 0 aromatic heterocycles. The van der Waals surface area contributed by atoms with Gasteiger partial charge in [-0.25, -0.2) is 18.1 Å². The first-order valence-electron chi connectivity index (χ1n) is 11.9. The number of likely N-dealkylation sites (tertiary alicyclic amines) is 1. The van der Waals surface area contributed by atoms with Gasteiger partial charge in [-0.1, -0.05) is 47.5 Å². The van der Waals surface area contributed by atoms with Crippen molar-refractivity contribution in [2.45, 2.75) is 70.7 Å². The van der Waals surface area contributed by atoms with Gasteiger partial charge in [-0.05, 0) is 51.7 Å². The summed E-state index contributed by atoms with van der Waals surface area (Å²) in [6.07, 6.45) is -0.297.